The zero-order valence-electron chi connectivity index (χ0n) is 12.2. The quantitative estimate of drug-likeness (QED) is 0.881. The standard InChI is InChI=1S/C13H22N4O2S/c1-13(2,3)12-15-7-4-11(16-12)17-8-5-10(6-9-17)20(14,18)19/h4,7,10H,5-6,8-9H2,1-3H3,(H2,14,18,19). The Morgan fingerprint density at radius 3 is 2.40 bits per heavy atom. The number of nitrogens with zero attached hydrogens (tertiary/aromatic N) is 3. The maximum absolute atomic E-state index is 11.3. The summed E-state index contributed by atoms with van der Waals surface area (Å²) in [6, 6.07) is 1.87. The Morgan fingerprint density at radius 1 is 1.30 bits per heavy atom. The van der Waals surface area contributed by atoms with Crippen LogP contribution in [0.4, 0.5) is 5.82 Å². The average Bonchev–Trinajstić information content (AvgIpc) is 2.37. The van der Waals surface area contributed by atoms with E-state index in [1.54, 1.807) is 6.20 Å². The van der Waals surface area contributed by atoms with E-state index in [0.717, 1.165) is 11.6 Å². The first-order chi connectivity index (χ1) is 9.18. The Balaban J connectivity index is 2.12. The van der Waals surface area contributed by atoms with E-state index in [2.05, 4.69) is 35.6 Å². The summed E-state index contributed by atoms with van der Waals surface area (Å²) in [4.78, 5) is 11.0. The van der Waals surface area contributed by atoms with E-state index in [9.17, 15) is 8.42 Å². The summed E-state index contributed by atoms with van der Waals surface area (Å²) in [5.41, 5.74) is -0.102. The largest absolute Gasteiger partial charge is 0.356 e. The van der Waals surface area contributed by atoms with Crippen LogP contribution in [0.1, 0.15) is 39.4 Å². The van der Waals surface area contributed by atoms with Gasteiger partial charge >= 0.3 is 0 Å². The fraction of sp³-hybridized carbons (Fsp3) is 0.692. The Bertz CT molecular complexity index is 572. The van der Waals surface area contributed by atoms with Crippen molar-refractivity contribution in [1.29, 1.82) is 0 Å². The molecule has 0 saturated carbocycles. The molecule has 1 fully saturated rings. The fourth-order valence-corrected chi connectivity index (χ4v) is 3.17. The van der Waals surface area contributed by atoms with Crippen molar-refractivity contribution in [2.45, 2.75) is 44.3 Å². The van der Waals surface area contributed by atoms with Crippen LogP contribution in [0.2, 0.25) is 0 Å². The van der Waals surface area contributed by atoms with Crippen LogP contribution >= 0.6 is 0 Å². The Morgan fingerprint density at radius 2 is 1.90 bits per heavy atom. The van der Waals surface area contributed by atoms with Crippen molar-refractivity contribution in [2.75, 3.05) is 18.0 Å². The monoisotopic (exact) mass is 298 g/mol. The zero-order chi connectivity index (χ0) is 15.0. The summed E-state index contributed by atoms with van der Waals surface area (Å²) in [5.74, 6) is 1.65. The molecule has 7 heteroatoms. The van der Waals surface area contributed by atoms with E-state index in [1.165, 1.54) is 0 Å². The zero-order valence-corrected chi connectivity index (χ0v) is 13.0. The summed E-state index contributed by atoms with van der Waals surface area (Å²) in [7, 11) is -3.42. The second-order valence-electron chi connectivity index (χ2n) is 6.26. The van der Waals surface area contributed by atoms with Gasteiger partial charge in [0.05, 0.1) is 5.25 Å². The van der Waals surface area contributed by atoms with Gasteiger partial charge in [-0.3, -0.25) is 0 Å². The van der Waals surface area contributed by atoms with Crippen LogP contribution in [0, 0.1) is 0 Å². The van der Waals surface area contributed by atoms with Crippen LogP contribution in [-0.4, -0.2) is 36.7 Å². The predicted octanol–water partition coefficient (Wildman–Crippen LogP) is 1.03. The van der Waals surface area contributed by atoms with Crippen LogP contribution in [0.25, 0.3) is 0 Å². The number of hydrogen-bond donors (Lipinski definition) is 1. The highest BCUT2D eigenvalue weighted by Crippen LogP contribution is 2.23. The lowest BCUT2D eigenvalue weighted by molar-refractivity contribution is 0.521. The number of aromatic nitrogens is 2. The predicted molar refractivity (Wildman–Crippen MR) is 79.1 cm³/mol. The van der Waals surface area contributed by atoms with Crippen molar-refractivity contribution in [2.24, 2.45) is 5.14 Å². The second-order valence-corrected chi connectivity index (χ2v) is 8.11. The molecule has 2 N–H and O–H groups in total. The minimum absolute atomic E-state index is 0.102. The molecule has 0 unspecified atom stereocenters. The molecule has 1 aromatic rings. The van der Waals surface area contributed by atoms with Crippen molar-refractivity contribution >= 4 is 15.8 Å². The van der Waals surface area contributed by atoms with Crippen LogP contribution in [0.15, 0.2) is 12.3 Å². The number of piperidine rings is 1. The lowest BCUT2D eigenvalue weighted by Gasteiger charge is -2.32. The van der Waals surface area contributed by atoms with E-state index >= 15 is 0 Å². The molecule has 1 aliphatic heterocycles. The van der Waals surface area contributed by atoms with Gasteiger partial charge in [-0.25, -0.2) is 23.5 Å². The molecular formula is C13H22N4O2S. The lowest BCUT2D eigenvalue weighted by Crippen LogP contribution is -2.42. The summed E-state index contributed by atoms with van der Waals surface area (Å²) < 4.78 is 22.7. The van der Waals surface area contributed by atoms with Gasteiger partial charge in [0.1, 0.15) is 11.6 Å². The number of rotatable bonds is 2. The van der Waals surface area contributed by atoms with Crippen molar-refractivity contribution < 1.29 is 8.42 Å². The third-order valence-corrected chi connectivity index (χ3v) is 4.94. The average molecular weight is 298 g/mol. The van der Waals surface area contributed by atoms with E-state index < -0.39 is 15.3 Å². The molecule has 0 amide bonds. The van der Waals surface area contributed by atoms with Gasteiger partial charge in [-0.1, -0.05) is 20.8 Å². The summed E-state index contributed by atoms with van der Waals surface area (Å²) in [6.45, 7) is 7.52. The summed E-state index contributed by atoms with van der Waals surface area (Å²) in [6.07, 6.45) is 2.86. The number of sulfonamides is 1. The number of hydrogen-bond acceptors (Lipinski definition) is 5. The third kappa shape index (κ3) is 3.46. The Hall–Kier alpha value is -1.21. The van der Waals surface area contributed by atoms with E-state index in [0.29, 0.717) is 25.9 Å². The SMILES string of the molecule is CC(C)(C)c1nccc(N2CCC(S(N)(=O)=O)CC2)n1. The second kappa shape index (κ2) is 5.29. The molecule has 1 aliphatic rings. The van der Waals surface area contributed by atoms with Crippen molar-refractivity contribution in [3.63, 3.8) is 0 Å². The number of nitrogens with two attached hydrogens (primary N) is 1. The Kier molecular flexibility index (Phi) is 4.02. The molecule has 0 aliphatic carbocycles. The molecule has 6 nitrogen and oxygen atoms in total. The molecule has 112 valence electrons. The molecular weight excluding hydrogens is 276 g/mol. The smallest absolute Gasteiger partial charge is 0.212 e. The molecule has 1 saturated heterocycles. The molecule has 0 radical (unpaired) electrons. The normalized spacial score (nSPS) is 18.3. The van der Waals surface area contributed by atoms with Gasteiger partial charge in [0.2, 0.25) is 10.0 Å². The van der Waals surface area contributed by atoms with Crippen molar-refractivity contribution in [1.82, 2.24) is 9.97 Å². The summed E-state index contributed by atoms with van der Waals surface area (Å²) in [5, 5.41) is 4.78. The molecule has 0 atom stereocenters. The first-order valence-electron chi connectivity index (χ1n) is 6.78. The Labute approximate surface area is 120 Å². The van der Waals surface area contributed by atoms with Crippen LogP contribution in [-0.2, 0) is 15.4 Å². The lowest BCUT2D eigenvalue weighted by atomic mass is 9.96. The molecule has 2 rings (SSSR count). The van der Waals surface area contributed by atoms with Crippen molar-refractivity contribution in [3.8, 4) is 0 Å². The van der Waals surface area contributed by atoms with Crippen LogP contribution in [0.3, 0.4) is 0 Å². The van der Waals surface area contributed by atoms with Gasteiger partial charge in [-0.05, 0) is 18.9 Å². The van der Waals surface area contributed by atoms with E-state index in [1.807, 2.05) is 6.07 Å². The minimum Gasteiger partial charge on any atom is -0.356 e. The molecule has 1 aromatic heterocycles. The fourth-order valence-electron chi connectivity index (χ4n) is 2.30. The molecule has 2 heterocycles. The summed E-state index contributed by atoms with van der Waals surface area (Å²) >= 11 is 0. The highest BCUT2D eigenvalue weighted by atomic mass is 32.2. The van der Waals surface area contributed by atoms with E-state index in [4.69, 9.17) is 5.14 Å². The molecule has 20 heavy (non-hydrogen) atoms. The van der Waals surface area contributed by atoms with Crippen LogP contribution < -0.4 is 10.0 Å². The van der Waals surface area contributed by atoms with Gasteiger partial charge in [0.15, 0.2) is 0 Å². The molecule has 0 spiro atoms. The molecule has 0 bridgehead atoms. The number of primary sulfonamides is 1. The highest BCUT2D eigenvalue weighted by Gasteiger charge is 2.28. The topological polar surface area (TPSA) is 89.2 Å². The van der Waals surface area contributed by atoms with Gasteiger partial charge in [-0.2, -0.15) is 0 Å². The van der Waals surface area contributed by atoms with Crippen molar-refractivity contribution in [3.05, 3.63) is 18.1 Å². The van der Waals surface area contributed by atoms with Crippen LogP contribution in [0.5, 0.6) is 0 Å². The van der Waals surface area contributed by atoms with Gasteiger partial charge < -0.3 is 4.90 Å². The van der Waals surface area contributed by atoms with E-state index in [-0.39, 0.29) is 5.41 Å². The first kappa shape index (κ1) is 15.2. The number of anilines is 1. The highest BCUT2D eigenvalue weighted by molar-refractivity contribution is 7.89. The maximum atomic E-state index is 11.3. The molecule has 0 aromatic carbocycles. The van der Waals surface area contributed by atoms with Gasteiger partial charge in [0, 0.05) is 24.7 Å². The van der Waals surface area contributed by atoms with Gasteiger partial charge in [-0.15, -0.1) is 0 Å². The first-order valence-corrected chi connectivity index (χ1v) is 8.39. The van der Waals surface area contributed by atoms with Gasteiger partial charge in [0.25, 0.3) is 0 Å². The third-order valence-electron chi connectivity index (χ3n) is 3.54. The maximum Gasteiger partial charge on any atom is 0.212 e. The minimum atomic E-state index is -3.42.